The Morgan fingerprint density at radius 3 is 3.09 bits per heavy atom. The van der Waals surface area contributed by atoms with E-state index in [0.717, 1.165) is 42.6 Å². The molecule has 1 saturated heterocycles. The van der Waals surface area contributed by atoms with E-state index in [9.17, 15) is 4.79 Å². The van der Waals surface area contributed by atoms with Gasteiger partial charge in [-0.3, -0.25) is 9.78 Å². The van der Waals surface area contributed by atoms with Gasteiger partial charge in [0.05, 0.1) is 17.3 Å². The quantitative estimate of drug-likeness (QED) is 0.804. The first-order valence-corrected chi connectivity index (χ1v) is 7.79. The first-order valence-electron chi connectivity index (χ1n) is 7.79. The van der Waals surface area contributed by atoms with Gasteiger partial charge in [0.25, 0.3) is 0 Å². The van der Waals surface area contributed by atoms with E-state index in [1.807, 2.05) is 30.3 Å². The molecule has 0 spiro atoms. The minimum atomic E-state index is -0.00186. The van der Waals surface area contributed by atoms with E-state index in [-0.39, 0.29) is 5.91 Å². The summed E-state index contributed by atoms with van der Waals surface area (Å²) < 4.78 is 5.53. The summed E-state index contributed by atoms with van der Waals surface area (Å²) in [7, 11) is 0. The van der Waals surface area contributed by atoms with Crippen LogP contribution < -0.4 is 10.6 Å². The van der Waals surface area contributed by atoms with Gasteiger partial charge in [0, 0.05) is 37.7 Å². The molecule has 1 amide bonds. The maximum Gasteiger partial charge on any atom is 0.225 e. The number of hydrogen-bond acceptors (Lipinski definition) is 4. The number of benzene rings is 1. The topological polar surface area (TPSA) is 63.2 Å². The van der Waals surface area contributed by atoms with Crippen LogP contribution in [0.5, 0.6) is 0 Å². The number of carbonyl (C=O) groups excluding carboxylic acids is 1. The molecule has 5 heteroatoms. The van der Waals surface area contributed by atoms with Crippen molar-refractivity contribution in [1.82, 2.24) is 10.3 Å². The molecule has 1 atom stereocenters. The van der Waals surface area contributed by atoms with Gasteiger partial charge in [0.15, 0.2) is 0 Å². The highest BCUT2D eigenvalue weighted by molar-refractivity contribution is 6.00. The van der Waals surface area contributed by atoms with Crippen LogP contribution in [0.15, 0.2) is 36.5 Å². The van der Waals surface area contributed by atoms with Gasteiger partial charge in [0.2, 0.25) is 5.91 Å². The fourth-order valence-corrected chi connectivity index (χ4v) is 2.69. The van der Waals surface area contributed by atoms with Gasteiger partial charge in [-0.2, -0.15) is 0 Å². The third-order valence-electron chi connectivity index (χ3n) is 3.83. The number of ether oxygens (including phenoxy) is 1. The van der Waals surface area contributed by atoms with E-state index in [1.165, 1.54) is 0 Å². The Labute approximate surface area is 130 Å². The Hall–Kier alpha value is -1.98. The van der Waals surface area contributed by atoms with Gasteiger partial charge in [-0.25, -0.2) is 0 Å². The van der Waals surface area contributed by atoms with Crippen LogP contribution in [0.2, 0.25) is 0 Å². The van der Waals surface area contributed by atoms with Gasteiger partial charge in [0.1, 0.15) is 0 Å². The van der Waals surface area contributed by atoms with Crippen molar-refractivity contribution in [3.63, 3.8) is 0 Å². The Kier molecular flexibility index (Phi) is 4.98. The Bertz CT molecular complexity index is 633. The minimum absolute atomic E-state index is 0.00186. The summed E-state index contributed by atoms with van der Waals surface area (Å²) in [5, 5.41) is 7.25. The number of pyridine rings is 1. The number of rotatable bonds is 6. The van der Waals surface area contributed by atoms with Crippen molar-refractivity contribution in [1.29, 1.82) is 0 Å². The van der Waals surface area contributed by atoms with E-state index in [1.54, 1.807) is 6.20 Å². The van der Waals surface area contributed by atoms with Gasteiger partial charge < -0.3 is 15.4 Å². The molecule has 3 rings (SSSR count). The monoisotopic (exact) mass is 299 g/mol. The molecular formula is C17H21N3O2. The maximum absolute atomic E-state index is 12.0. The van der Waals surface area contributed by atoms with Crippen LogP contribution in [-0.4, -0.2) is 36.7 Å². The van der Waals surface area contributed by atoms with Crippen LogP contribution in [0, 0.1) is 0 Å². The van der Waals surface area contributed by atoms with Crippen molar-refractivity contribution in [3.8, 4) is 0 Å². The number of nitrogens with one attached hydrogen (secondary N) is 2. The maximum atomic E-state index is 12.0. The predicted octanol–water partition coefficient (Wildman–Crippen LogP) is 2.33. The Morgan fingerprint density at radius 2 is 2.23 bits per heavy atom. The molecule has 2 heterocycles. The highest BCUT2D eigenvalue weighted by Gasteiger charge is 2.14. The third-order valence-corrected chi connectivity index (χ3v) is 3.83. The van der Waals surface area contributed by atoms with Crippen LogP contribution in [-0.2, 0) is 9.53 Å². The van der Waals surface area contributed by atoms with Crippen molar-refractivity contribution >= 4 is 22.5 Å². The van der Waals surface area contributed by atoms with Crippen LogP contribution in [0.25, 0.3) is 10.9 Å². The lowest BCUT2D eigenvalue weighted by Gasteiger charge is -2.11. The molecule has 116 valence electrons. The first kappa shape index (κ1) is 14.9. The van der Waals surface area contributed by atoms with Gasteiger partial charge in [-0.05, 0) is 25.0 Å². The van der Waals surface area contributed by atoms with Crippen molar-refractivity contribution in [2.75, 3.05) is 25.0 Å². The summed E-state index contributed by atoms with van der Waals surface area (Å²) >= 11 is 0. The third kappa shape index (κ3) is 3.81. The van der Waals surface area contributed by atoms with Crippen LogP contribution in [0.3, 0.4) is 0 Å². The number of anilines is 1. The molecule has 2 aromatic rings. The molecule has 22 heavy (non-hydrogen) atoms. The summed E-state index contributed by atoms with van der Waals surface area (Å²) in [6.07, 6.45) is 4.74. The molecule has 1 aromatic heterocycles. The summed E-state index contributed by atoms with van der Waals surface area (Å²) in [5.74, 6) is -0.00186. The van der Waals surface area contributed by atoms with Gasteiger partial charge >= 0.3 is 0 Å². The lowest BCUT2D eigenvalue weighted by Crippen LogP contribution is -2.29. The standard InChI is InChI=1S/C17H21N3O2/c21-16(8-10-18-12-14-6-3-11-22-14)20-15-7-1-4-13-5-2-9-19-17(13)15/h1-2,4-5,7,9,14,18H,3,6,8,10-12H2,(H,20,21). The average molecular weight is 299 g/mol. The Morgan fingerprint density at radius 1 is 1.32 bits per heavy atom. The van der Waals surface area contributed by atoms with Crippen molar-refractivity contribution < 1.29 is 9.53 Å². The molecule has 0 radical (unpaired) electrons. The molecule has 1 aromatic carbocycles. The summed E-state index contributed by atoms with van der Waals surface area (Å²) in [6, 6.07) is 9.67. The van der Waals surface area contributed by atoms with Crippen LogP contribution in [0.1, 0.15) is 19.3 Å². The van der Waals surface area contributed by atoms with E-state index in [4.69, 9.17) is 4.74 Å². The van der Waals surface area contributed by atoms with E-state index < -0.39 is 0 Å². The minimum Gasteiger partial charge on any atom is -0.377 e. The molecule has 1 fully saturated rings. The molecule has 2 N–H and O–H groups in total. The first-order chi connectivity index (χ1) is 10.8. The number of hydrogen-bond donors (Lipinski definition) is 2. The summed E-state index contributed by atoms with van der Waals surface area (Å²) in [5.41, 5.74) is 1.59. The van der Waals surface area contributed by atoms with Crippen LogP contribution >= 0.6 is 0 Å². The average Bonchev–Trinajstić information content (AvgIpc) is 3.05. The van der Waals surface area contributed by atoms with E-state index >= 15 is 0 Å². The summed E-state index contributed by atoms with van der Waals surface area (Å²) in [4.78, 5) is 16.4. The molecule has 0 saturated carbocycles. The molecule has 5 nitrogen and oxygen atoms in total. The smallest absolute Gasteiger partial charge is 0.225 e. The normalized spacial score (nSPS) is 17.7. The fourth-order valence-electron chi connectivity index (χ4n) is 2.69. The zero-order valence-electron chi connectivity index (χ0n) is 12.5. The Balaban J connectivity index is 1.48. The number of carbonyl (C=O) groups is 1. The van der Waals surface area contributed by atoms with E-state index in [0.29, 0.717) is 19.1 Å². The van der Waals surface area contributed by atoms with Gasteiger partial charge in [-0.15, -0.1) is 0 Å². The largest absolute Gasteiger partial charge is 0.377 e. The SMILES string of the molecule is O=C(CCNCC1CCCO1)Nc1cccc2cccnc12. The number of amides is 1. The number of aromatic nitrogens is 1. The number of fused-ring (bicyclic) bond motifs is 1. The van der Waals surface area contributed by atoms with Crippen LogP contribution in [0.4, 0.5) is 5.69 Å². The number of para-hydroxylation sites is 1. The van der Waals surface area contributed by atoms with Crippen molar-refractivity contribution in [2.24, 2.45) is 0 Å². The second-order valence-corrected chi connectivity index (χ2v) is 5.52. The second kappa shape index (κ2) is 7.33. The predicted molar refractivity (Wildman–Crippen MR) is 86.8 cm³/mol. The zero-order chi connectivity index (χ0) is 15.2. The second-order valence-electron chi connectivity index (χ2n) is 5.52. The molecule has 1 aliphatic rings. The van der Waals surface area contributed by atoms with Crippen molar-refractivity contribution in [3.05, 3.63) is 36.5 Å². The van der Waals surface area contributed by atoms with Gasteiger partial charge in [-0.1, -0.05) is 18.2 Å². The molecule has 1 unspecified atom stereocenters. The lowest BCUT2D eigenvalue weighted by atomic mass is 10.2. The number of nitrogens with zero attached hydrogens (tertiary/aromatic N) is 1. The highest BCUT2D eigenvalue weighted by Crippen LogP contribution is 2.20. The molecule has 0 bridgehead atoms. The highest BCUT2D eigenvalue weighted by atomic mass is 16.5. The lowest BCUT2D eigenvalue weighted by molar-refractivity contribution is -0.116. The zero-order valence-corrected chi connectivity index (χ0v) is 12.5. The molecule has 0 aliphatic carbocycles. The molecular weight excluding hydrogens is 278 g/mol. The molecule has 1 aliphatic heterocycles. The summed E-state index contributed by atoms with van der Waals surface area (Å²) in [6.45, 7) is 2.34. The fraction of sp³-hybridized carbons (Fsp3) is 0.412. The van der Waals surface area contributed by atoms with E-state index in [2.05, 4.69) is 15.6 Å². The van der Waals surface area contributed by atoms with Crippen molar-refractivity contribution in [2.45, 2.75) is 25.4 Å².